The molecular weight excluding hydrogens is 270 g/mol. The SMILES string of the molecule is CC(=O)c1ccccc1OCCN1CC(C)SC(C)C1. The summed E-state index contributed by atoms with van der Waals surface area (Å²) in [6, 6.07) is 7.46. The Morgan fingerprint density at radius 1 is 1.30 bits per heavy atom. The van der Waals surface area contributed by atoms with Crippen LogP contribution in [0.1, 0.15) is 31.1 Å². The lowest BCUT2D eigenvalue weighted by Crippen LogP contribution is -2.42. The first-order valence-electron chi connectivity index (χ1n) is 7.17. The van der Waals surface area contributed by atoms with Crippen LogP contribution in [0.2, 0.25) is 0 Å². The fourth-order valence-electron chi connectivity index (χ4n) is 2.64. The fourth-order valence-corrected chi connectivity index (χ4v) is 4.02. The van der Waals surface area contributed by atoms with E-state index >= 15 is 0 Å². The summed E-state index contributed by atoms with van der Waals surface area (Å²) in [4.78, 5) is 14.0. The average molecular weight is 293 g/mol. The van der Waals surface area contributed by atoms with Crippen LogP contribution in [0.5, 0.6) is 5.75 Å². The molecule has 0 radical (unpaired) electrons. The highest BCUT2D eigenvalue weighted by atomic mass is 32.2. The van der Waals surface area contributed by atoms with E-state index in [0.717, 1.165) is 19.6 Å². The molecule has 110 valence electrons. The zero-order chi connectivity index (χ0) is 14.5. The van der Waals surface area contributed by atoms with E-state index in [2.05, 4.69) is 30.5 Å². The molecule has 1 aliphatic rings. The molecule has 1 fully saturated rings. The maximum atomic E-state index is 11.5. The molecule has 1 saturated heterocycles. The minimum absolute atomic E-state index is 0.0530. The Balaban J connectivity index is 1.85. The third kappa shape index (κ3) is 4.25. The predicted molar refractivity (Wildman–Crippen MR) is 84.9 cm³/mol. The molecule has 2 atom stereocenters. The molecule has 0 N–H and O–H groups in total. The van der Waals surface area contributed by atoms with Gasteiger partial charge in [0.2, 0.25) is 0 Å². The quantitative estimate of drug-likeness (QED) is 0.780. The minimum Gasteiger partial charge on any atom is -0.491 e. The van der Waals surface area contributed by atoms with Crippen LogP contribution in [0.25, 0.3) is 0 Å². The molecule has 0 amide bonds. The fraction of sp³-hybridized carbons (Fsp3) is 0.562. The van der Waals surface area contributed by atoms with E-state index in [1.165, 1.54) is 0 Å². The van der Waals surface area contributed by atoms with Crippen LogP contribution >= 0.6 is 11.8 Å². The van der Waals surface area contributed by atoms with Crippen molar-refractivity contribution in [3.8, 4) is 5.75 Å². The third-order valence-corrected chi connectivity index (χ3v) is 4.65. The van der Waals surface area contributed by atoms with Gasteiger partial charge in [-0.15, -0.1) is 0 Å². The van der Waals surface area contributed by atoms with E-state index in [1.54, 1.807) is 6.92 Å². The van der Waals surface area contributed by atoms with Crippen LogP contribution in [0.3, 0.4) is 0 Å². The molecular formula is C16H23NO2S. The van der Waals surface area contributed by atoms with Crippen molar-refractivity contribution in [1.82, 2.24) is 4.90 Å². The van der Waals surface area contributed by atoms with Gasteiger partial charge in [-0.1, -0.05) is 26.0 Å². The Bertz CT molecular complexity index is 454. The summed E-state index contributed by atoms with van der Waals surface area (Å²) in [5.74, 6) is 0.754. The highest BCUT2D eigenvalue weighted by molar-refractivity contribution is 8.00. The van der Waals surface area contributed by atoms with Crippen LogP contribution in [0.4, 0.5) is 0 Å². The van der Waals surface area contributed by atoms with E-state index < -0.39 is 0 Å². The first-order chi connectivity index (χ1) is 9.56. The van der Waals surface area contributed by atoms with Crippen molar-refractivity contribution >= 4 is 17.5 Å². The molecule has 2 unspecified atom stereocenters. The summed E-state index contributed by atoms with van der Waals surface area (Å²) in [5.41, 5.74) is 0.670. The minimum atomic E-state index is 0.0530. The Labute approximate surface area is 125 Å². The molecule has 1 heterocycles. The van der Waals surface area contributed by atoms with Crippen LogP contribution in [-0.4, -0.2) is 47.4 Å². The van der Waals surface area contributed by atoms with E-state index in [0.29, 0.717) is 28.4 Å². The van der Waals surface area contributed by atoms with Gasteiger partial charge in [0.15, 0.2) is 5.78 Å². The molecule has 1 aliphatic heterocycles. The molecule has 0 aliphatic carbocycles. The standard InChI is InChI=1S/C16H23NO2S/c1-12-10-17(11-13(2)20-12)8-9-19-16-7-5-4-6-15(16)14(3)18/h4-7,12-13H,8-11H2,1-3H3. The molecule has 1 aromatic carbocycles. The molecule has 0 saturated carbocycles. The molecule has 2 rings (SSSR count). The van der Waals surface area contributed by atoms with Gasteiger partial charge in [-0.05, 0) is 19.1 Å². The first-order valence-corrected chi connectivity index (χ1v) is 8.11. The number of nitrogens with zero attached hydrogens (tertiary/aromatic N) is 1. The third-order valence-electron chi connectivity index (χ3n) is 3.43. The van der Waals surface area contributed by atoms with E-state index in [1.807, 2.05) is 24.3 Å². The van der Waals surface area contributed by atoms with E-state index in [9.17, 15) is 4.79 Å². The summed E-state index contributed by atoms with van der Waals surface area (Å²) in [6.07, 6.45) is 0. The van der Waals surface area contributed by atoms with Gasteiger partial charge in [0, 0.05) is 30.1 Å². The molecule has 0 bridgehead atoms. The van der Waals surface area contributed by atoms with Crippen LogP contribution < -0.4 is 4.74 Å². The molecule has 0 spiro atoms. The van der Waals surface area contributed by atoms with Crippen LogP contribution in [0.15, 0.2) is 24.3 Å². The lowest BCUT2D eigenvalue weighted by Gasteiger charge is -2.34. The van der Waals surface area contributed by atoms with E-state index in [4.69, 9.17) is 4.74 Å². The summed E-state index contributed by atoms with van der Waals surface area (Å²) in [6.45, 7) is 9.92. The second-order valence-corrected chi connectivity index (χ2v) is 7.30. The number of ether oxygens (including phenoxy) is 1. The predicted octanol–water partition coefficient (Wildman–Crippen LogP) is 3.09. The Hall–Kier alpha value is -1.00. The number of rotatable bonds is 5. The number of hydrogen-bond donors (Lipinski definition) is 0. The zero-order valence-electron chi connectivity index (χ0n) is 12.5. The number of Topliss-reactive ketones (excluding diaryl/α,β-unsaturated/α-hetero) is 1. The van der Waals surface area contributed by atoms with Crippen molar-refractivity contribution in [2.75, 3.05) is 26.2 Å². The summed E-state index contributed by atoms with van der Waals surface area (Å²) in [7, 11) is 0. The maximum absolute atomic E-state index is 11.5. The number of thioether (sulfide) groups is 1. The monoisotopic (exact) mass is 293 g/mol. The van der Waals surface area contributed by atoms with Crippen molar-refractivity contribution in [1.29, 1.82) is 0 Å². The number of para-hydroxylation sites is 1. The second kappa shape index (κ2) is 7.14. The molecule has 0 aromatic heterocycles. The van der Waals surface area contributed by atoms with Crippen molar-refractivity contribution < 1.29 is 9.53 Å². The second-order valence-electron chi connectivity index (χ2n) is 5.42. The summed E-state index contributed by atoms with van der Waals surface area (Å²) >= 11 is 2.05. The Morgan fingerprint density at radius 2 is 1.95 bits per heavy atom. The topological polar surface area (TPSA) is 29.5 Å². The van der Waals surface area contributed by atoms with Gasteiger partial charge in [-0.2, -0.15) is 11.8 Å². The Morgan fingerprint density at radius 3 is 2.60 bits per heavy atom. The number of carbonyl (C=O) groups is 1. The van der Waals surface area contributed by atoms with Gasteiger partial charge in [0.05, 0.1) is 5.56 Å². The number of carbonyl (C=O) groups excluding carboxylic acids is 1. The lowest BCUT2D eigenvalue weighted by atomic mass is 10.1. The molecule has 1 aromatic rings. The van der Waals surface area contributed by atoms with Gasteiger partial charge in [-0.3, -0.25) is 9.69 Å². The van der Waals surface area contributed by atoms with Crippen LogP contribution in [-0.2, 0) is 0 Å². The molecule has 20 heavy (non-hydrogen) atoms. The first kappa shape index (κ1) is 15.4. The van der Waals surface area contributed by atoms with E-state index in [-0.39, 0.29) is 5.78 Å². The summed E-state index contributed by atoms with van der Waals surface area (Å²) in [5, 5.41) is 1.37. The highest BCUT2D eigenvalue weighted by Crippen LogP contribution is 2.24. The van der Waals surface area contributed by atoms with Gasteiger partial charge in [0.1, 0.15) is 12.4 Å². The average Bonchev–Trinajstić information content (AvgIpc) is 2.38. The zero-order valence-corrected chi connectivity index (χ0v) is 13.3. The Kier molecular flexibility index (Phi) is 5.49. The van der Waals surface area contributed by atoms with Crippen LogP contribution in [0, 0.1) is 0 Å². The summed E-state index contributed by atoms with van der Waals surface area (Å²) < 4.78 is 5.80. The van der Waals surface area contributed by atoms with Crippen molar-refractivity contribution in [3.05, 3.63) is 29.8 Å². The van der Waals surface area contributed by atoms with Gasteiger partial charge >= 0.3 is 0 Å². The number of ketones is 1. The normalized spacial score (nSPS) is 23.6. The molecule has 4 heteroatoms. The van der Waals surface area contributed by atoms with Crippen molar-refractivity contribution in [3.63, 3.8) is 0 Å². The number of benzene rings is 1. The highest BCUT2D eigenvalue weighted by Gasteiger charge is 2.21. The van der Waals surface area contributed by atoms with Gasteiger partial charge < -0.3 is 4.74 Å². The molecule has 3 nitrogen and oxygen atoms in total. The number of hydrogen-bond acceptors (Lipinski definition) is 4. The lowest BCUT2D eigenvalue weighted by molar-refractivity contribution is 0.101. The largest absolute Gasteiger partial charge is 0.491 e. The maximum Gasteiger partial charge on any atom is 0.163 e. The van der Waals surface area contributed by atoms with Gasteiger partial charge in [-0.25, -0.2) is 0 Å². The van der Waals surface area contributed by atoms with Gasteiger partial charge in [0.25, 0.3) is 0 Å². The van der Waals surface area contributed by atoms with Crippen molar-refractivity contribution in [2.45, 2.75) is 31.3 Å². The smallest absolute Gasteiger partial charge is 0.163 e. The van der Waals surface area contributed by atoms with Crippen molar-refractivity contribution in [2.24, 2.45) is 0 Å².